The third kappa shape index (κ3) is 5.61. The standard InChI is InChI=1S/C33H30O4PS/c1-26-18-21-31(22-19-26)39(34,35)37-32-23-20-27(24-33(32)36-2)25-38(28-12-6-3-7-13-28,29-14-8-4-9-15-29)30-16-10-5-11-17-30/h3-24H,25H2,1-2H3/q+1. The molecule has 0 unspecified atom stereocenters. The minimum absolute atomic E-state index is 0.0985. The second kappa shape index (κ2) is 11.4. The van der Waals surface area contributed by atoms with E-state index in [0.717, 1.165) is 17.3 Å². The van der Waals surface area contributed by atoms with Crippen LogP contribution in [0.25, 0.3) is 0 Å². The van der Waals surface area contributed by atoms with Gasteiger partial charge in [-0.05, 0) is 73.2 Å². The van der Waals surface area contributed by atoms with Gasteiger partial charge in [0.25, 0.3) is 0 Å². The third-order valence-electron chi connectivity index (χ3n) is 6.75. The van der Waals surface area contributed by atoms with Crippen LogP contribution < -0.4 is 24.8 Å². The lowest BCUT2D eigenvalue weighted by Crippen LogP contribution is -2.32. The number of aryl methyl sites for hydroxylation is 1. The maximum atomic E-state index is 13.0. The van der Waals surface area contributed by atoms with Gasteiger partial charge in [0.2, 0.25) is 0 Å². The Hall–Kier alpha value is -3.92. The van der Waals surface area contributed by atoms with Crippen LogP contribution in [0.2, 0.25) is 0 Å². The Morgan fingerprint density at radius 1 is 0.615 bits per heavy atom. The SMILES string of the molecule is COc1cc(C[P+](c2ccccc2)(c2ccccc2)c2ccccc2)ccc1OS(=O)(=O)c1ccc(C)cc1. The molecule has 5 rings (SSSR count). The summed E-state index contributed by atoms with van der Waals surface area (Å²) in [5, 5.41) is 3.80. The van der Waals surface area contributed by atoms with Crippen molar-refractivity contribution in [3.05, 3.63) is 145 Å². The van der Waals surface area contributed by atoms with Crippen molar-refractivity contribution in [2.45, 2.75) is 18.0 Å². The summed E-state index contributed by atoms with van der Waals surface area (Å²) in [5.74, 6) is 0.528. The van der Waals surface area contributed by atoms with Crippen LogP contribution in [0.5, 0.6) is 11.5 Å². The molecule has 0 radical (unpaired) electrons. The summed E-state index contributed by atoms with van der Waals surface area (Å²) in [7, 11) is -4.62. The Labute approximate surface area is 231 Å². The van der Waals surface area contributed by atoms with Gasteiger partial charge in [0.15, 0.2) is 11.5 Å². The fourth-order valence-electron chi connectivity index (χ4n) is 4.79. The molecule has 196 valence electrons. The Bertz CT molecular complexity index is 1540. The molecule has 5 aromatic carbocycles. The molecule has 4 nitrogen and oxygen atoms in total. The Morgan fingerprint density at radius 2 is 1.10 bits per heavy atom. The van der Waals surface area contributed by atoms with Gasteiger partial charge < -0.3 is 8.92 Å². The van der Waals surface area contributed by atoms with Crippen molar-refractivity contribution in [1.82, 2.24) is 0 Å². The molecule has 0 aliphatic rings. The van der Waals surface area contributed by atoms with Gasteiger partial charge in [0.05, 0.1) is 13.3 Å². The Morgan fingerprint density at radius 3 is 1.56 bits per heavy atom. The van der Waals surface area contributed by atoms with Gasteiger partial charge in [0, 0.05) is 0 Å². The normalized spacial score (nSPS) is 11.6. The molecule has 0 fully saturated rings. The van der Waals surface area contributed by atoms with Gasteiger partial charge in [-0.2, -0.15) is 8.42 Å². The molecule has 0 spiro atoms. The molecule has 6 heteroatoms. The molecule has 0 aliphatic carbocycles. The predicted molar refractivity (Wildman–Crippen MR) is 161 cm³/mol. The monoisotopic (exact) mass is 553 g/mol. The van der Waals surface area contributed by atoms with Crippen LogP contribution in [0.4, 0.5) is 0 Å². The van der Waals surface area contributed by atoms with Crippen molar-refractivity contribution >= 4 is 33.3 Å². The molecule has 39 heavy (non-hydrogen) atoms. The van der Waals surface area contributed by atoms with Crippen molar-refractivity contribution in [3.63, 3.8) is 0 Å². The van der Waals surface area contributed by atoms with Crippen molar-refractivity contribution in [1.29, 1.82) is 0 Å². The van der Waals surface area contributed by atoms with E-state index in [-0.39, 0.29) is 10.6 Å². The number of hydrogen-bond acceptors (Lipinski definition) is 4. The number of methoxy groups -OCH3 is 1. The first kappa shape index (κ1) is 26.7. The third-order valence-corrected chi connectivity index (χ3v) is 12.4. The molecule has 0 amide bonds. The highest BCUT2D eigenvalue weighted by atomic mass is 32.2. The van der Waals surface area contributed by atoms with Crippen LogP contribution in [0.3, 0.4) is 0 Å². The first-order valence-corrected chi connectivity index (χ1v) is 16.0. The zero-order valence-electron chi connectivity index (χ0n) is 21.9. The van der Waals surface area contributed by atoms with Crippen LogP contribution in [-0.2, 0) is 16.3 Å². The highest BCUT2D eigenvalue weighted by molar-refractivity contribution is 7.95. The smallest absolute Gasteiger partial charge is 0.339 e. The van der Waals surface area contributed by atoms with E-state index in [9.17, 15) is 8.42 Å². The van der Waals surface area contributed by atoms with Gasteiger partial charge in [-0.15, -0.1) is 0 Å². The molecule has 0 heterocycles. The lowest BCUT2D eigenvalue weighted by atomic mass is 10.2. The second-order valence-corrected chi connectivity index (χ2v) is 14.3. The van der Waals surface area contributed by atoms with Gasteiger partial charge in [-0.1, -0.05) is 78.4 Å². The number of rotatable bonds is 9. The first-order valence-electron chi connectivity index (χ1n) is 12.7. The topological polar surface area (TPSA) is 52.6 Å². The van der Waals surface area contributed by atoms with Crippen molar-refractivity contribution < 1.29 is 17.3 Å². The lowest BCUT2D eigenvalue weighted by Gasteiger charge is -2.28. The second-order valence-electron chi connectivity index (χ2n) is 9.31. The highest BCUT2D eigenvalue weighted by Crippen LogP contribution is 2.58. The van der Waals surface area contributed by atoms with Gasteiger partial charge in [-0.3, -0.25) is 0 Å². The van der Waals surface area contributed by atoms with E-state index in [0.29, 0.717) is 5.75 Å². The first-order chi connectivity index (χ1) is 18.9. The van der Waals surface area contributed by atoms with Crippen molar-refractivity contribution in [2.24, 2.45) is 0 Å². The van der Waals surface area contributed by atoms with Crippen molar-refractivity contribution in [3.8, 4) is 11.5 Å². The van der Waals surface area contributed by atoms with Gasteiger partial charge in [0.1, 0.15) is 28.1 Å². The Balaban J connectivity index is 1.59. The van der Waals surface area contributed by atoms with E-state index in [2.05, 4.69) is 72.8 Å². The average molecular weight is 554 g/mol. The van der Waals surface area contributed by atoms with E-state index in [1.807, 2.05) is 37.3 Å². The molecule has 0 N–H and O–H groups in total. The molecule has 0 aromatic heterocycles. The quantitative estimate of drug-likeness (QED) is 0.160. The zero-order chi connectivity index (χ0) is 27.3. The fourth-order valence-corrected chi connectivity index (χ4v) is 9.96. The van der Waals surface area contributed by atoms with Crippen LogP contribution in [0, 0.1) is 6.92 Å². The molecule has 0 aliphatic heterocycles. The van der Waals surface area contributed by atoms with Crippen LogP contribution >= 0.6 is 7.26 Å². The molecular weight excluding hydrogens is 523 g/mol. The summed E-state index contributed by atoms with van der Waals surface area (Å²) in [4.78, 5) is 0.0985. The van der Waals surface area contributed by atoms with E-state index in [1.165, 1.54) is 23.0 Å². The predicted octanol–water partition coefficient (Wildman–Crippen LogP) is 6.27. The summed E-state index contributed by atoms with van der Waals surface area (Å²) in [6.45, 7) is 1.90. The number of ether oxygens (including phenoxy) is 1. The molecule has 0 bridgehead atoms. The average Bonchev–Trinajstić information content (AvgIpc) is 2.98. The summed E-state index contributed by atoms with van der Waals surface area (Å²) >= 11 is 0. The maximum Gasteiger partial charge on any atom is 0.339 e. The molecule has 0 saturated carbocycles. The highest BCUT2D eigenvalue weighted by Gasteiger charge is 2.45. The number of hydrogen-bond donors (Lipinski definition) is 0. The Kier molecular flexibility index (Phi) is 7.83. The summed E-state index contributed by atoms with van der Waals surface area (Å²) in [6.07, 6.45) is 0.729. The molecule has 0 saturated heterocycles. The largest absolute Gasteiger partial charge is 0.493 e. The van der Waals surface area contributed by atoms with Crippen molar-refractivity contribution in [2.75, 3.05) is 7.11 Å². The lowest BCUT2D eigenvalue weighted by molar-refractivity contribution is 0.390. The number of benzene rings is 5. The summed E-state index contributed by atoms with van der Waals surface area (Å²) in [5.41, 5.74) is 2.00. The summed E-state index contributed by atoms with van der Waals surface area (Å²) in [6, 6.07) is 44.0. The van der Waals surface area contributed by atoms with Crippen LogP contribution in [-0.4, -0.2) is 15.5 Å². The molecular formula is C33H30O4PS+. The van der Waals surface area contributed by atoms with E-state index >= 15 is 0 Å². The van der Waals surface area contributed by atoms with Crippen LogP contribution in [0.1, 0.15) is 11.1 Å². The van der Waals surface area contributed by atoms with E-state index in [4.69, 9.17) is 8.92 Å². The van der Waals surface area contributed by atoms with Gasteiger partial charge in [-0.25, -0.2) is 0 Å². The minimum atomic E-state index is -4.01. The van der Waals surface area contributed by atoms with Gasteiger partial charge >= 0.3 is 10.1 Å². The van der Waals surface area contributed by atoms with E-state index < -0.39 is 17.4 Å². The fraction of sp³-hybridized carbons (Fsp3) is 0.0909. The molecule has 0 atom stereocenters. The maximum absolute atomic E-state index is 13.0. The van der Waals surface area contributed by atoms with Crippen LogP contribution in [0.15, 0.2) is 138 Å². The summed E-state index contributed by atoms with van der Waals surface area (Å²) < 4.78 is 37.1. The minimum Gasteiger partial charge on any atom is -0.493 e. The zero-order valence-corrected chi connectivity index (χ0v) is 23.6. The molecule has 5 aromatic rings. The van der Waals surface area contributed by atoms with E-state index in [1.54, 1.807) is 30.3 Å².